The fraction of sp³-hybridized carbons (Fsp3) is 0.333. The number of aliphatic hydroxyl groups is 1. The molecule has 1 aliphatic rings. The van der Waals surface area contributed by atoms with Crippen molar-refractivity contribution in [3.05, 3.63) is 65.2 Å². The van der Waals surface area contributed by atoms with Gasteiger partial charge in [-0.15, -0.1) is 6.58 Å². The normalized spacial score (nSPS) is 14.5. The van der Waals surface area contributed by atoms with Crippen molar-refractivity contribution in [2.75, 3.05) is 20.0 Å². The van der Waals surface area contributed by atoms with E-state index in [2.05, 4.69) is 6.58 Å². The molecule has 0 aromatic heterocycles. The number of nitro groups is 1. The van der Waals surface area contributed by atoms with Crippen LogP contribution >= 0.6 is 0 Å². The van der Waals surface area contributed by atoms with Crippen molar-refractivity contribution >= 4 is 15.7 Å². The van der Waals surface area contributed by atoms with Crippen molar-refractivity contribution in [2.45, 2.75) is 23.8 Å². The molecule has 0 spiro atoms. The van der Waals surface area contributed by atoms with E-state index in [1.54, 1.807) is 18.2 Å². The van der Waals surface area contributed by atoms with Crippen molar-refractivity contribution in [3.63, 3.8) is 0 Å². The van der Waals surface area contributed by atoms with Crippen molar-refractivity contribution in [1.82, 2.24) is 4.89 Å². The molecule has 33 heavy (non-hydrogen) atoms. The van der Waals surface area contributed by atoms with Crippen LogP contribution in [0, 0.1) is 16.0 Å². The second-order valence-corrected chi connectivity index (χ2v) is 8.75. The molecule has 2 N–H and O–H groups in total. The molecule has 0 amide bonds. The van der Waals surface area contributed by atoms with Gasteiger partial charge in [0.1, 0.15) is 11.9 Å². The average molecular weight is 480 g/mol. The minimum Gasteiger partial charge on any atom is -0.493 e. The lowest BCUT2D eigenvalue weighted by atomic mass is 9.98. The average Bonchev–Trinajstić information content (AvgIpc) is 3.28. The zero-order valence-electron chi connectivity index (χ0n) is 17.6. The maximum atomic E-state index is 12.4. The van der Waals surface area contributed by atoms with E-state index in [4.69, 9.17) is 19.0 Å². The third-order valence-electron chi connectivity index (χ3n) is 4.92. The van der Waals surface area contributed by atoms with Crippen LogP contribution in [0.25, 0.3) is 0 Å². The zero-order chi connectivity index (χ0) is 23.8. The monoisotopic (exact) mass is 480 g/mol. The van der Waals surface area contributed by atoms with Gasteiger partial charge >= 0.3 is 0 Å². The molecule has 178 valence electrons. The molecule has 2 atom stereocenters. The predicted molar refractivity (Wildman–Crippen MR) is 116 cm³/mol. The minimum atomic E-state index is -4.09. The number of fused-ring (bicyclic) bond motifs is 1. The largest absolute Gasteiger partial charge is 0.493 e. The molecule has 0 fully saturated rings. The summed E-state index contributed by atoms with van der Waals surface area (Å²) in [6.07, 6.45) is 1.60. The van der Waals surface area contributed by atoms with Crippen LogP contribution in [-0.4, -0.2) is 44.6 Å². The number of rotatable bonds is 13. The highest BCUT2D eigenvalue weighted by molar-refractivity contribution is 7.89. The van der Waals surface area contributed by atoms with Gasteiger partial charge in [0.25, 0.3) is 15.7 Å². The summed E-state index contributed by atoms with van der Waals surface area (Å²) in [5.41, 5.74) is -0.234. The number of sulfonamides is 1. The predicted octanol–water partition coefficient (Wildman–Crippen LogP) is 2.56. The standard InChI is InChI=1S/C21H24N2O9S/c1-2-19(32-22-33(27,28)18-8-5-16(6-9-18)23(25)26)15(13-24)4-3-11-29-17-7-10-20-21(12-17)31-14-30-20/h2,5-10,12,15,19,22,24H,1,3-4,11,13-14H2/t15-,19-/m1/s1. The number of hydrogen-bond donors (Lipinski definition) is 2. The summed E-state index contributed by atoms with van der Waals surface area (Å²) in [6.45, 7) is 3.91. The number of nitrogens with zero attached hydrogens (tertiary/aromatic N) is 1. The van der Waals surface area contributed by atoms with Crippen LogP contribution in [0.15, 0.2) is 60.0 Å². The second kappa shape index (κ2) is 11.1. The molecule has 2 aromatic carbocycles. The van der Waals surface area contributed by atoms with E-state index in [9.17, 15) is 23.6 Å². The van der Waals surface area contributed by atoms with Gasteiger partial charge in [-0.1, -0.05) is 11.0 Å². The van der Waals surface area contributed by atoms with Crippen molar-refractivity contribution in [3.8, 4) is 17.2 Å². The van der Waals surface area contributed by atoms with Crippen LogP contribution in [0.5, 0.6) is 17.2 Å². The van der Waals surface area contributed by atoms with Gasteiger partial charge in [0.15, 0.2) is 11.5 Å². The summed E-state index contributed by atoms with van der Waals surface area (Å²) in [5.74, 6) is 1.44. The first-order chi connectivity index (χ1) is 15.8. The number of ether oxygens (including phenoxy) is 3. The molecule has 0 bridgehead atoms. The summed E-state index contributed by atoms with van der Waals surface area (Å²) in [7, 11) is -4.09. The summed E-state index contributed by atoms with van der Waals surface area (Å²) in [4.78, 5) is 17.2. The Hall–Kier alpha value is -3.19. The SMILES string of the molecule is C=C[C@@H](ONS(=O)(=O)c1ccc([N+](=O)[O-])cc1)[C@@H](CO)CCCOc1ccc2c(c1)OCO2. The number of hydrogen-bond acceptors (Lipinski definition) is 9. The van der Waals surface area contributed by atoms with Crippen LogP contribution in [0.1, 0.15) is 12.8 Å². The van der Waals surface area contributed by atoms with Crippen LogP contribution in [0.2, 0.25) is 0 Å². The van der Waals surface area contributed by atoms with E-state index < -0.39 is 27.0 Å². The quantitative estimate of drug-likeness (QED) is 0.191. The van der Waals surface area contributed by atoms with Crippen LogP contribution < -0.4 is 19.1 Å². The van der Waals surface area contributed by atoms with E-state index in [1.807, 2.05) is 4.89 Å². The lowest BCUT2D eigenvalue weighted by Gasteiger charge is -2.22. The van der Waals surface area contributed by atoms with Crippen molar-refractivity contribution in [1.29, 1.82) is 0 Å². The molecule has 11 nitrogen and oxygen atoms in total. The van der Waals surface area contributed by atoms with E-state index in [1.165, 1.54) is 6.08 Å². The number of nitrogens with one attached hydrogen (secondary N) is 1. The smallest absolute Gasteiger partial charge is 0.269 e. The summed E-state index contributed by atoms with van der Waals surface area (Å²) in [5, 5.41) is 20.5. The Labute approximate surface area is 190 Å². The zero-order valence-corrected chi connectivity index (χ0v) is 18.4. The first-order valence-electron chi connectivity index (χ1n) is 10.0. The van der Waals surface area contributed by atoms with Gasteiger partial charge in [-0.2, -0.15) is 0 Å². The highest BCUT2D eigenvalue weighted by atomic mass is 32.2. The number of benzene rings is 2. The van der Waals surface area contributed by atoms with E-state index in [0.717, 1.165) is 24.3 Å². The van der Waals surface area contributed by atoms with Gasteiger partial charge in [-0.3, -0.25) is 15.0 Å². The molecule has 0 radical (unpaired) electrons. The van der Waals surface area contributed by atoms with Crippen molar-refractivity contribution in [2.24, 2.45) is 5.92 Å². The lowest BCUT2D eigenvalue weighted by Crippen LogP contribution is -2.34. The van der Waals surface area contributed by atoms with Crippen molar-refractivity contribution < 1.29 is 37.5 Å². The van der Waals surface area contributed by atoms with Gasteiger partial charge < -0.3 is 19.3 Å². The second-order valence-electron chi connectivity index (χ2n) is 7.10. The summed E-state index contributed by atoms with van der Waals surface area (Å²) >= 11 is 0. The van der Waals surface area contributed by atoms with E-state index >= 15 is 0 Å². The minimum absolute atomic E-state index is 0.174. The van der Waals surface area contributed by atoms with Gasteiger partial charge in [0.2, 0.25) is 6.79 Å². The molecule has 3 rings (SSSR count). The molecule has 12 heteroatoms. The highest BCUT2D eigenvalue weighted by Gasteiger charge is 2.23. The Morgan fingerprint density at radius 3 is 2.61 bits per heavy atom. The molecule has 0 saturated carbocycles. The van der Waals surface area contributed by atoms with Gasteiger partial charge in [0, 0.05) is 30.7 Å². The summed E-state index contributed by atoms with van der Waals surface area (Å²) < 4.78 is 41.0. The Bertz CT molecular complexity index is 1070. The molecule has 2 aromatic rings. The van der Waals surface area contributed by atoms with Crippen LogP contribution in [0.3, 0.4) is 0 Å². The molecule has 0 aliphatic carbocycles. The van der Waals surface area contributed by atoms with Crippen LogP contribution in [-0.2, 0) is 14.9 Å². The number of non-ortho nitro benzene ring substituents is 1. The number of aliphatic hydroxyl groups excluding tert-OH is 1. The molecule has 1 heterocycles. The fourth-order valence-corrected chi connectivity index (χ4v) is 3.94. The Balaban J connectivity index is 1.49. The fourth-order valence-electron chi connectivity index (χ4n) is 3.11. The summed E-state index contributed by atoms with van der Waals surface area (Å²) in [6, 6.07) is 9.61. The maximum Gasteiger partial charge on any atom is 0.269 e. The maximum absolute atomic E-state index is 12.4. The topological polar surface area (TPSA) is 146 Å². The Morgan fingerprint density at radius 2 is 1.94 bits per heavy atom. The number of nitro benzene ring substituents is 1. The van der Waals surface area contributed by atoms with Gasteiger partial charge in [0.05, 0.1) is 16.4 Å². The third kappa shape index (κ3) is 6.42. The highest BCUT2D eigenvalue weighted by Crippen LogP contribution is 2.35. The lowest BCUT2D eigenvalue weighted by molar-refractivity contribution is -0.384. The Kier molecular flexibility index (Phi) is 8.22. The molecule has 1 aliphatic heterocycles. The third-order valence-corrected chi connectivity index (χ3v) is 6.12. The first-order valence-corrected chi connectivity index (χ1v) is 11.5. The molecule has 0 unspecified atom stereocenters. The molecular weight excluding hydrogens is 456 g/mol. The molecular formula is C21H24N2O9S. The van der Waals surface area contributed by atoms with Gasteiger partial charge in [-0.25, -0.2) is 8.42 Å². The molecule has 0 saturated heterocycles. The van der Waals surface area contributed by atoms with E-state index in [-0.39, 0.29) is 24.0 Å². The first kappa shape index (κ1) is 24.5. The van der Waals surface area contributed by atoms with Gasteiger partial charge in [-0.05, 0) is 37.1 Å². The Morgan fingerprint density at radius 1 is 1.21 bits per heavy atom. The van der Waals surface area contributed by atoms with E-state index in [0.29, 0.717) is 36.7 Å². The van der Waals surface area contributed by atoms with Crippen LogP contribution in [0.4, 0.5) is 5.69 Å².